The van der Waals surface area contributed by atoms with E-state index in [1.807, 2.05) is 16.8 Å². The lowest BCUT2D eigenvalue weighted by molar-refractivity contribution is -0.120. The van der Waals surface area contributed by atoms with Gasteiger partial charge in [-0.05, 0) is 29.5 Å². The molecule has 1 atom stereocenters. The number of rotatable bonds is 6. The van der Waals surface area contributed by atoms with Crippen LogP contribution in [-0.4, -0.2) is 44.0 Å². The topological polar surface area (TPSA) is 115 Å². The van der Waals surface area contributed by atoms with Crippen LogP contribution in [0.5, 0.6) is 5.75 Å². The highest BCUT2D eigenvalue weighted by atomic mass is 32.1. The SMILES string of the molecule is O=C(C[C@H]1Cc2cccc(C(=O)O)c2OB1O)Cn1cc(-c2ccsc2)nn1. The first-order valence-corrected chi connectivity index (χ1v) is 9.60. The number of fused-ring (bicyclic) bond motifs is 1. The van der Waals surface area contributed by atoms with E-state index in [4.69, 9.17) is 4.65 Å². The molecule has 0 amide bonds. The molecule has 2 N–H and O–H groups in total. The number of carboxylic acid groups (broad SMARTS) is 1. The van der Waals surface area contributed by atoms with Crippen LogP contribution in [0.4, 0.5) is 0 Å². The van der Waals surface area contributed by atoms with Crippen molar-refractivity contribution < 1.29 is 24.4 Å². The van der Waals surface area contributed by atoms with Gasteiger partial charge < -0.3 is 14.8 Å². The predicted molar refractivity (Wildman–Crippen MR) is 102 cm³/mol. The van der Waals surface area contributed by atoms with Gasteiger partial charge in [0, 0.05) is 23.2 Å². The summed E-state index contributed by atoms with van der Waals surface area (Å²) in [5.74, 6) is -1.52. The Labute approximate surface area is 164 Å². The van der Waals surface area contributed by atoms with Crippen LogP contribution in [0.2, 0.25) is 5.82 Å². The number of hydrogen-bond donors (Lipinski definition) is 2. The second-order valence-corrected chi connectivity index (χ2v) is 7.41. The summed E-state index contributed by atoms with van der Waals surface area (Å²) in [4.78, 5) is 23.8. The molecule has 1 aliphatic rings. The van der Waals surface area contributed by atoms with Gasteiger partial charge in [0.2, 0.25) is 0 Å². The van der Waals surface area contributed by atoms with E-state index in [2.05, 4.69) is 10.3 Å². The van der Waals surface area contributed by atoms with Crippen LogP contribution >= 0.6 is 11.3 Å². The number of hydrogen-bond acceptors (Lipinski definition) is 7. The Morgan fingerprint density at radius 2 is 2.21 bits per heavy atom. The fourth-order valence-electron chi connectivity index (χ4n) is 3.28. The Morgan fingerprint density at radius 3 is 2.96 bits per heavy atom. The van der Waals surface area contributed by atoms with Gasteiger partial charge in [0.05, 0.1) is 11.8 Å². The molecule has 0 unspecified atom stereocenters. The highest BCUT2D eigenvalue weighted by Crippen LogP contribution is 2.36. The van der Waals surface area contributed by atoms with E-state index in [-0.39, 0.29) is 30.1 Å². The highest BCUT2D eigenvalue weighted by molar-refractivity contribution is 7.08. The highest BCUT2D eigenvalue weighted by Gasteiger charge is 2.37. The van der Waals surface area contributed by atoms with Crippen LogP contribution in [0.15, 0.2) is 41.2 Å². The number of para-hydroxylation sites is 1. The van der Waals surface area contributed by atoms with Crippen LogP contribution in [0.1, 0.15) is 22.3 Å². The number of aromatic nitrogens is 3. The van der Waals surface area contributed by atoms with Gasteiger partial charge in [-0.3, -0.25) is 4.79 Å². The summed E-state index contributed by atoms with van der Waals surface area (Å²) < 4.78 is 6.90. The lowest BCUT2D eigenvalue weighted by Crippen LogP contribution is -2.36. The van der Waals surface area contributed by atoms with E-state index in [0.29, 0.717) is 17.7 Å². The maximum absolute atomic E-state index is 12.5. The number of carbonyl (C=O) groups is 2. The van der Waals surface area contributed by atoms with Crippen LogP contribution in [0, 0.1) is 0 Å². The second kappa shape index (κ2) is 7.57. The molecule has 8 nitrogen and oxygen atoms in total. The summed E-state index contributed by atoms with van der Waals surface area (Å²) in [6.07, 6.45) is 2.16. The number of nitrogens with zero attached hydrogens (tertiary/aromatic N) is 3. The summed E-state index contributed by atoms with van der Waals surface area (Å²) in [6.45, 7) is 0.0440. The van der Waals surface area contributed by atoms with Crippen molar-refractivity contribution in [2.24, 2.45) is 0 Å². The molecular weight excluding hydrogens is 381 g/mol. The van der Waals surface area contributed by atoms with Crippen molar-refractivity contribution in [1.82, 2.24) is 15.0 Å². The zero-order chi connectivity index (χ0) is 19.7. The molecule has 0 saturated heterocycles. The molecule has 142 valence electrons. The maximum Gasteiger partial charge on any atom is 0.526 e. The van der Waals surface area contributed by atoms with Gasteiger partial charge in [0.15, 0.2) is 5.78 Å². The van der Waals surface area contributed by atoms with Crippen LogP contribution in [0.3, 0.4) is 0 Å². The number of benzene rings is 1. The molecule has 4 rings (SSSR count). The average molecular weight is 397 g/mol. The average Bonchev–Trinajstić information content (AvgIpc) is 3.33. The summed E-state index contributed by atoms with van der Waals surface area (Å²) in [6, 6.07) is 6.73. The number of aromatic carboxylic acids is 1. The maximum atomic E-state index is 12.5. The van der Waals surface area contributed by atoms with Crippen molar-refractivity contribution >= 4 is 30.2 Å². The fraction of sp³-hybridized carbons (Fsp3) is 0.222. The van der Waals surface area contributed by atoms with E-state index in [9.17, 15) is 19.7 Å². The quantitative estimate of drug-likeness (QED) is 0.613. The van der Waals surface area contributed by atoms with Gasteiger partial charge in [0.25, 0.3) is 0 Å². The second-order valence-electron chi connectivity index (χ2n) is 6.63. The Bertz CT molecular complexity index is 1020. The number of thiophene rings is 1. The molecule has 0 fully saturated rings. The molecule has 0 aliphatic carbocycles. The molecule has 0 spiro atoms. The molecule has 28 heavy (non-hydrogen) atoms. The van der Waals surface area contributed by atoms with E-state index < -0.39 is 18.9 Å². The minimum absolute atomic E-state index is 0.00454. The summed E-state index contributed by atoms with van der Waals surface area (Å²) >= 11 is 1.56. The summed E-state index contributed by atoms with van der Waals surface area (Å²) in [7, 11) is -1.24. The van der Waals surface area contributed by atoms with Crippen molar-refractivity contribution in [3.63, 3.8) is 0 Å². The predicted octanol–water partition coefficient (Wildman–Crippen LogP) is 2.15. The van der Waals surface area contributed by atoms with Gasteiger partial charge in [-0.25, -0.2) is 9.48 Å². The van der Waals surface area contributed by atoms with E-state index in [0.717, 1.165) is 5.56 Å². The van der Waals surface area contributed by atoms with Gasteiger partial charge in [-0.1, -0.05) is 17.3 Å². The Morgan fingerprint density at radius 1 is 1.36 bits per heavy atom. The van der Waals surface area contributed by atoms with Crippen LogP contribution in [0.25, 0.3) is 11.3 Å². The van der Waals surface area contributed by atoms with Crippen molar-refractivity contribution in [1.29, 1.82) is 0 Å². The van der Waals surface area contributed by atoms with Gasteiger partial charge in [-0.15, -0.1) is 5.10 Å². The number of ketones is 1. The monoisotopic (exact) mass is 397 g/mol. The van der Waals surface area contributed by atoms with Gasteiger partial charge in [0.1, 0.15) is 18.0 Å². The first-order chi connectivity index (χ1) is 13.5. The number of Topliss-reactive ketones (excluding diaryl/α,β-unsaturated/α-hetero) is 1. The number of carbonyl (C=O) groups excluding carboxylic acids is 1. The molecule has 0 radical (unpaired) electrons. The largest absolute Gasteiger partial charge is 0.535 e. The zero-order valence-electron chi connectivity index (χ0n) is 14.7. The molecule has 3 heterocycles. The fourth-order valence-corrected chi connectivity index (χ4v) is 3.93. The van der Waals surface area contributed by atoms with Crippen molar-refractivity contribution in [3.05, 3.63) is 52.3 Å². The van der Waals surface area contributed by atoms with Crippen molar-refractivity contribution in [3.8, 4) is 17.0 Å². The van der Waals surface area contributed by atoms with E-state index in [1.54, 1.807) is 29.7 Å². The lowest BCUT2D eigenvalue weighted by atomic mass is 9.64. The lowest BCUT2D eigenvalue weighted by Gasteiger charge is -2.27. The Hall–Kier alpha value is -2.98. The third kappa shape index (κ3) is 3.69. The standard InChI is InChI=1S/C18H16BN3O5S/c23-14(8-22-9-16(20-21-22)12-4-5-28-10-12)7-13-6-11-2-1-3-15(18(24)25)17(11)27-19(13)26/h1-5,9-10,13,26H,6-8H2,(H,24,25)/t13-/m1/s1. The molecular formula is C18H16BN3O5S. The zero-order valence-corrected chi connectivity index (χ0v) is 15.5. The first-order valence-electron chi connectivity index (χ1n) is 8.65. The van der Waals surface area contributed by atoms with Crippen molar-refractivity contribution in [2.45, 2.75) is 25.2 Å². The van der Waals surface area contributed by atoms with Crippen molar-refractivity contribution in [2.75, 3.05) is 0 Å². The minimum Gasteiger partial charge on any atom is -0.535 e. The molecule has 1 aromatic carbocycles. The van der Waals surface area contributed by atoms with E-state index in [1.165, 1.54) is 10.7 Å². The minimum atomic E-state index is -1.24. The third-order valence-electron chi connectivity index (χ3n) is 4.63. The molecule has 3 aromatic rings. The molecule has 10 heteroatoms. The summed E-state index contributed by atoms with van der Waals surface area (Å²) in [5.41, 5.74) is 2.32. The third-order valence-corrected chi connectivity index (χ3v) is 5.32. The number of carboxylic acids is 1. The normalized spacial score (nSPS) is 15.8. The Balaban J connectivity index is 1.42. The van der Waals surface area contributed by atoms with Gasteiger partial charge in [-0.2, -0.15) is 11.3 Å². The first kappa shape index (κ1) is 18.4. The van der Waals surface area contributed by atoms with E-state index >= 15 is 0 Å². The Kier molecular flexibility index (Phi) is 4.97. The molecule has 0 bridgehead atoms. The smallest absolute Gasteiger partial charge is 0.526 e. The molecule has 0 saturated carbocycles. The summed E-state index contributed by atoms with van der Waals surface area (Å²) in [5, 5.41) is 31.5. The molecule has 2 aromatic heterocycles. The van der Waals surface area contributed by atoms with Gasteiger partial charge >= 0.3 is 13.1 Å². The van der Waals surface area contributed by atoms with Crippen LogP contribution < -0.4 is 4.65 Å². The van der Waals surface area contributed by atoms with Crippen LogP contribution in [-0.2, 0) is 17.8 Å². The molecule has 1 aliphatic heterocycles.